The predicted octanol–water partition coefficient (Wildman–Crippen LogP) is 2.31. The minimum Gasteiger partial charge on any atom is -0.497 e. The van der Waals surface area contributed by atoms with Gasteiger partial charge in [-0.1, -0.05) is 6.92 Å². The van der Waals surface area contributed by atoms with Crippen molar-refractivity contribution in [2.24, 2.45) is 5.73 Å². The molecule has 0 saturated carbocycles. The van der Waals surface area contributed by atoms with E-state index in [2.05, 4.69) is 11.7 Å². The van der Waals surface area contributed by atoms with Gasteiger partial charge in [0.05, 0.1) is 20.8 Å². The first-order valence-corrected chi connectivity index (χ1v) is 7.22. The molecule has 1 unspecified atom stereocenters. The molecule has 0 radical (unpaired) electrons. The van der Waals surface area contributed by atoms with Crippen LogP contribution in [-0.4, -0.2) is 32.8 Å². The minimum atomic E-state index is -0.221. The van der Waals surface area contributed by atoms with Gasteiger partial charge in [0.1, 0.15) is 11.5 Å². The summed E-state index contributed by atoms with van der Waals surface area (Å²) in [4.78, 5) is 11.0. The number of benzene rings is 1. The Bertz CT molecular complexity index is 448. The molecule has 0 spiro atoms. The van der Waals surface area contributed by atoms with E-state index in [1.807, 2.05) is 18.2 Å². The Balaban J connectivity index is 2.64. The van der Waals surface area contributed by atoms with Gasteiger partial charge in [0.15, 0.2) is 0 Å². The number of ether oxygens (including phenoxy) is 3. The highest BCUT2D eigenvalue weighted by Crippen LogP contribution is 2.26. The molecule has 0 saturated heterocycles. The van der Waals surface area contributed by atoms with Gasteiger partial charge in [0, 0.05) is 12.5 Å². The first kappa shape index (κ1) is 17.3. The van der Waals surface area contributed by atoms with Crippen molar-refractivity contribution >= 4 is 5.97 Å². The Morgan fingerprint density at radius 3 is 2.71 bits per heavy atom. The van der Waals surface area contributed by atoms with Crippen LogP contribution in [0.3, 0.4) is 0 Å². The predicted molar refractivity (Wildman–Crippen MR) is 81.7 cm³/mol. The lowest BCUT2D eigenvalue weighted by Gasteiger charge is -2.15. The lowest BCUT2D eigenvalue weighted by molar-refractivity contribution is -0.140. The van der Waals surface area contributed by atoms with Crippen LogP contribution < -0.4 is 15.2 Å². The van der Waals surface area contributed by atoms with Crippen LogP contribution in [0.25, 0.3) is 0 Å². The topological polar surface area (TPSA) is 70.8 Å². The summed E-state index contributed by atoms with van der Waals surface area (Å²) in [5.74, 6) is 1.36. The van der Waals surface area contributed by atoms with Gasteiger partial charge >= 0.3 is 5.97 Å². The van der Waals surface area contributed by atoms with E-state index in [0.29, 0.717) is 19.4 Å². The molecule has 1 atom stereocenters. The summed E-state index contributed by atoms with van der Waals surface area (Å²) in [6.45, 7) is 2.53. The smallest absolute Gasteiger partial charge is 0.305 e. The van der Waals surface area contributed by atoms with Crippen LogP contribution in [0.4, 0.5) is 0 Å². The van der Waals surface area contributed by atoms with Crippen LogP contribution >= 0.6 is 0 Å². The molecule has 118 valence electrons. The zero-order chi connectivity index (χ0) is 15.7. The van der Waals surface area contributed by atoms with Crippen LogP contribution in [0.15, 0.2) is 18.2 Å². The van der Waals surface area contributed by atoms with Crippen LogP contribution in [0, 0.1) is 0 Å². The van der Waals surface area contributed by atoms with Crippen molar-refractivity contribution in [1.82, 2.24) is 0 Å². The maximum absolute atomic E-state index is 11.0. The second kappa shape index (κ2) is 9.23. The minimum absolute atomic E-state index is 0.0922. The summed E-state index contributed by atoms with van der Waals surface area (Å²) < 4.78 is 15.6. The fraction of sp³-hybridized carbons (Fsp3) is 0.562. The van der Waals surface area contributed by atoms with Gasteiger partial charge in [-0.3, -0.25) is 4.79 Å². The number of nitrogens with two attached hydrogens (primary N) is 1. The molecule has 1 rings (SSSR count). The molecule has 0 aliphatic heterocycles. The van der Waals surface area contributed by atoms with E-state index in [4.69, 9.17) is 15.2 Å². The van der Waals surface area contributed by atoms with Crippen LogP contribution in [0.1, 0.15) is 31.7 Å². The molecular weight excluding hydrogens is 270 g/mol. The van der Waals surface area contributed by atoms with Gasteiger partial charge < -0.3 is 19.9 Å². The zero-order valence-corrected chi connectivity index (χ0v) is 13.1. The SMILES string of the molecule is CCC(N)Cc1cc(OC)ccc1OCCCC(=O)OC. The van der Waals surface area contributed by atoms with E-state index in [0.717, 1.165) is 29.9 Å². The molecule has 5 heteroatoms. The van der Waals surface area contributed by atoms with Gasteiger partial charge in [0.25, 0.3) is 0 Å². The molecule has 0 bridgehead atoms. The number of hydrogen-bond donors (Lipinski definition) is 1. The quantitative estimate of drug-likeness (QED) is 0.559. The third-order valence-corrected chi connectivity index (χ3v) is 3.28. The van der Waals surface area contributed by atoms with E-state index < -0.39 is 0 Å². The van der Waals surface area contributed by atoms with Crippen molar-refractivity contribution in [2.75, 3.05) is 20.8 Å². The lowest BCUT2D eigenvalue weighted by atomic mass is 10.0. The van der Waals surface area contributed by atoms with Crippen LogP contribution in [0.2, 0.25) is 0 Å². The molecule has 2 N–H and O–H groups in total. The number of methoxy groups -OCH3 is 2. The summed E-state index contributed by atoms with van der Waals surface area (Å²) in [6.07, 6.45) is 2.62. The molecule has 21 heavy (non-hydrogen) atoms. The third kappa shape index (κ3) is 6.04. The van der Waals surface area contributed by atoms with E-state index in [1.165, 1.54) is 7.11 Å². The normalized spacial score (nSPS) is 11.8. The van der Waals surface area contributed by atoms with Crippen molar-refractivity contribution in [3.63, 3.8) is 0 Å². The second-order valence-corrected chi connectivity index (χ2v) is 4.87. The number of rotatable bonds is 9. The molecule has 0 aliphatic rings. The largest absolute Gasteiger partial charge is 0.497 e. The molecule has 0 fully saturated rings. The summed E-state index contributed by atoms with van der Waals surface area (Å²) in [5, 5.41) is 0. The van der Waals surface area contributed by atoms with E-state index in [9.17, 15) is 4.79 Å². The lowest BCUT2D eigenvalue weighted by Crippen LogP contribution is -2.21. The first-order valence-electron chi connectivity index (χ1n) is 7.22. The molecule has 0 amide bonds. The van der Waals surface area contributed by atoms with Crippen LogP contribution in [-0.2, 0) is 16.0 Å². The summed E-state index contributed by atoms with van der Waals surface area (Å²) >= 11 is 0. The summed E-state index contributed by atoms with van der Waals surface area (Å²) in [7, 11) is 3.02. The molecule has 0 aromatic heterocycles. The van der Waals surface area contributed by atoms with Crippen LogP contribution in [0.5, 0.6) is 11.5 Å². The van der Waals surface area contributed by atoms with Gasteiger partial charge in [-0.05, 0) is 43.0 Å². The number of hydrogen-bond acceptors (Lipinski definition) is 5. The first-order chi connectivity index (χ1) is 10.1. The fourth-order valence-corrected chi connectivity index (χ4v) is 1.91. The van der Waals surface area contributed by atoms with E-state index >= 15 is 0 Å². The Labute approximate surface area is 126 Å². The fourth-order valence-electron chi connectivity index (χ4n) is 1.91. The average molecular weight is 295 g/mol. The monoisotopic (exact) mass is 295 g/mol. The zero-order valence-electron chi connectivity index (χ0n) is 13.1. The third-order valence-electron chi connectivity index (χ3n) is 3.28. The molecular formula is C16H25NO4. The highest BCUT2D eigenvalue weighted by Gasteiger charge is 2.10. The maximum atomic E-state index is 11.0. The van der Waals surface area contributed by atoms with Gasteiger partial charge in [-0.2, -0.15) is 0 Å². The van der Waals surface area contributed by atoms with Crippen molar-refractivity contribution in [3.8, 4) is 11.5 Å². The molecule has 1 aromatic rings. The van der Waals surface area contributed by atoms with Gasteiger partial charge in [0.2, 0.25) is 0 Å². The maximum Gasteiger partial charge on any atom is 0.305 e. The molecule has 0 heterocycles. The Morgan fingerprint density at radius 1 is 1.33 bits per heavy atom. The van der Waals surface area contributed by atoms with E-state index in [-0.39, 0.29) is 12.0 Å². The molecule has 1 aromatic carbocycles. The van der Waals surface area contributed by atoms with E-state index in [1.54, 1.807) is 7.11 Å². The van der Waals surface area contributed by atoms with Gasteiger partial charge in [-0.15, -0.1) is 0 Å². The summed E-state index contributed by atoms with van der Waals surface area (Å²) in [5.41, 5.74) is 7.05. The molecule has 5 nitrogen and oxygen atoms in total. The Kier molecular flexibility index (Phi) is 7.61. The van der Waals surface area contributed by atoms with Crippen molar-refractivity contribution in [3.05, 3.63) is 23.8 Å². The average Bonchev–Trinajstić information content (AvgIpc) is 2.51. The number of carbonyl (C=O) groups excluding carboxylic acids is 1. The summed E-state index contributed by atoms with van der Waals surface area (Å²) in [6, 6.07) is 5.78. The second-order valence-electron chi connectivity index (χ2n) is 4.87. The highest BCUT2D eigenvalue weighted by molar-refractivity contribution is 5.69. The number of esters is 1. The highest BCUT2D eigenvalue weighted by atomic mass is 16.5. The van der Waals surface area contributed by atoms with Gasteiger partial charge in [-0.25, -0.2) is 0 Å². The molecule has 0 aliphatic carbocycles. The number of carbonyl (C=O) groups is 1. The standard InChI is InChI=1S/C16H25NO4/c1-4-13(17)10-12-11-14(19-2)7-8-15(12)21-9-5-6-16(18)20-3/h7-8,11,13H,4-6,9-10,17H2,1-3H3. The van der Waals surface area contributed by atoms with Crippen molar-refractivity contribution in [1.29, 1.82) is 0 Å². The van der Waals surface area contributed by atoms with Crippen molar-refractivity contribution < 1.29 is 19.0 Å². The Hall–Kier alpha value is -1.75. The Morgan fingerprint density at radius 2 is 2.10 bits per heavy atom. The van der Waals surface area contributed by atoms with Crippen molar-refractivity contribution in [2.45, 2.75) is 38.6 Å².